The van der Waals surface area contributed by atoms with Gasteiger partial charge in [0.2, 0.25) is 0 Å². The molecule has 16 heavy (non-hydrogen) atoms. The van der Waals surface area contributed by atoms with E-state index in [1.165, 1.54) is 19.1 Å². The van der Waals surface area contributed by atoms with Crippen LogP contribution in [0, 0.1) is 5.82 Å². The summed E-state index contributed by atoms with van der Waals surface area (Å²) >= 11 is 0. The van der Waals surface area contributed by atoms with Crippen molar-refractivity contribution < 1.29 is 9.18 Å². The highest BCUT2D eigenvalue weighted by Crippen LogP contribution is 2.18. The van der Waals surface area contributed by atoms with Crippen molar-refractivity contribution in [3.63, 3.8) is 0 Å². The van der Waals surface area contributed by atoms with Gasteiger partial charge in [0.1, 0.15) is 5.82 Å². The fraction of sp³-hybridized carbons (Fsp3) is 0.0769. The first-order valence-electron chi connectivity index (χ1n) is 4.90. The van der Waals surface area contributed by atoms with E-state index in [-0.39, 0.29) is 11.6 Å². The fourth-order valence-electron chi connectivity index (χ4n) is 1.43. The summed E-state index contributed by atoms with van der Waals surface area (Å²) < 4.78 is 12.7. The zero-order valence-electron chi connectivity index (χ0n) is 8.77. The van der Waals surface area contributed by atoms with Gasteiger partial charge in [-0.3, -0.25) is 9.78 Å². The Hall–Kier alpha value is -2.03. The molecule has 1 heterocycles. The van der Waals surface area contributed by atoms with E-state index in [4.69, 9.17) is 0 Å². The smallest absolute Gasteiger partial charge is 0.159 e. The summed E-state index contributed by atoms with van der Waals surface area (Å²) in [5.41, 5.74) is 2.08. The fourth-order valence-corrected chi connectivity index (χ4v) is 1.43. The molecule has 0 fully saturated rings. The van der Waals surface area contributed by atoms with Gasteiger partial charge in [-0.15, -0.1) is 0 Å². The number of Topliss-reactive ketones (excluding diaryl/α,β-unsaturated/α-hetero) is 1. The van der Waals surface area contributed by atoms with Crippen molar-refractivity contribution in [2.24, 2.45) is 0 Å². The van der Waals surface area contributed by atoms with Gasteiger partial charge < -0.3 is 0 Å². The highest BCUT2D eigenvalue weighted by molar-refractivity contribution is 5.94. The van der Waals surface area contributed by atoms with Gasteiger partial charge in [-0.05, 0) is 43.3 Å². The molecule has 0 amide bonds. The quantitative estimate of drug-likeness (QED) is 0.720. The van der Waals surface area contributed by atoms with Crippen LogP contribution in [0.25, 0.3) is 11.3 Å². The lowest BCUT2D eigenvalue weighted by Gasteiger charge is -2.02. The molecule has 0 saturated carbocycles. The highest BCUT2D eigenvalue weighted by atomic mass is 19.1. The summed E-state index contributed by atoms with van der Waals surface area (Å²) in [6, 6.07) is 9.39. The Balaban J connectivity index is 2.44. The van der Waals surface area contributed by atoms with Crippen LogP contribution in [0.3, 0.4) is 0 Å². The van der Waals surface area contributed by atoms with Crippen LogP contribution in [0.15, 0.2) is 42.6 Å². The predicted octanol–water partition coefficient (Wildman–Crippen LogP) is 3.09. The molecule has 0 spiro atoms. The number of carbonyl (C=O) groups excluding carboxylic acids is 1. The van der Waals surface area contributed by atoms with Crippen LogP contribution in [0.2, 0.25) is 0 Å². The molecule has 0 radical (unpaired) electrons. The van der Waals surface area contributed by atoms with E-state index in [9.17, 15) is 9.18 Å². The maximum Gasteiger partial charge on any atom is 0.159 e. The minimum atomic E-state index is -0.286. The maximum atomic E-state index is 12.7. The van der Waals surface area contributed by atoms with E-state index < -0.39 is 0 Å². The number of nitrogens with zero attached hydrogens (tertiary/aromatic N) is 1. The van der Waals surface area contributed by atoms with Crippen LogP contribution in [0.1, 0.15) is 17.3 Å². The van der Waals surface area contributed by atoms with Crippen LogP contribution < -0.4 is 0 Å². The van der Waals surface area contributed by atoms with Crippen molar-refractivity contribution in [1.29, 1.82) is 0 Å². The van der Waals surface area contributed by atoms with Crippen LogP contribution >= 0.6 is 0 Å². The Labute approximate surface area is 92.8 Å². The van der Waals surface area contributed by atoms with Crippen molar-refractivity contribution in [2.45, 2.75) is 6.92 Å². The number of ketones is 1. The maximum absolute atomic E-state index is 12.7. The van der Waals surface area contributed by atoms with Gasteiger partial charge >= 0.3 is 0 Å². The number of hydrogen-bond donors (Lipinski definition) is 0. The molecule has 80 valence electrons. The van der Waals surface area contributed by atoms with Gasteiger partial charge in [-0.2, -0.15) is 0 Å². The molecule has 0 atom stereocenters. The molecule has 1 aromatic heterocycles. The molecule has 0 bridgehead atoms. The lowest BCUT2D eigenvalue weighted by Crippen LogP contribution is -1.93. The van der Waals surface area contributed by atoms with Gasteiger partial charge in [-0.25, -0.2) is 4.39 Å². The summed E-state index contributed by atoms with van der Waals surface area (Å²) in [4.78, 5) is 15.3. The molecule has 3 heteroatoms. The summed E-state index contributed by atoms with van der Waals surface area (Å²) in [5, 5.41) is 0. The third-order valence-corrected chi connectivity index (χ3v) is 2.31. The molecule has 2 aromatic rings. The molecule has 0 N–H and O–H groups in total. The van der Waals surface area contributed by atoms with Crippen molar-refractivity contribution in [3.8, 4) is 11.3 Å². The van der Waals surface area contributed by atoms with E-state index >= 15 is 0 Å². The van der Waals surface area contributed by atoms with Gasteiger partial charge in [0.15, 0.2) is 5.78 Å². The first-order valence-corrected chi connectivity index (χ1v) is 4.90. The standard InChI is InChI=1S/C13H10FNO/c1-9(16)11-6-7-15-13(8-11)10-2-4-12(14)5-3-10/h2-8H,1H3. The summed E-state index contributed by atoms with van der Waals surface area (Å²) in [6.45, 7) is 1.50. The Morgan fingerprint density at radius 3 is 2.50 bits per heavy atom. The van der Waals surface area contributed by atoms with E-state index in [1.807, 2.05) is 0 Å². The first kappa shape index (κ1) is 10.5. The van der Waals surface area contributed by atoms with Crippen LogP contribution in [-0.4, -0.2) is 10.8 Å². The predicted molar refractivity (Wildman–Crippen MR) is 59.6 cm³/mol. The second kappa shape index (κ2) is 4.23. The molecule has 0 saturated heterocycles. The third kappa shape index (κ3) is 2.14. The van der Waals surface area contributed by atoms with Crippen LogP contribution in [0.5, 0.6) is 0 Å². The van der Waals surface area contributed by atoms with E-state index in [2.05, 4.69) is 4.98 Å². The topological polar surface area (TPSA) is 30.0 Å². The van der Waals surface area contributed by atoms with E-state index in [0.717, 1.165) is 5.56 Å². The third-order valence-electron chi connectivity index (χ3n) is 2.31. The van der Waals surface area contributed by atoms with E-state index in [0.29, 0.717) is 11.3 Å². The number of pyridine rings is 1. The van der Waals surface area contributed by atoms with Gasteiger partial charge in [0, 0.05) is 17.3 Å². The lowest BCUT2D eigenvalue weighted by atomic mass is 10.1. The van der Waals surface area contributed by atoms with Crippen LogP contribution in [-0.2, 0) is 0 Å². The Bertz CT molecular complexity index is 520. The van der Waals surface area contributed by atoms with Crippen molar-refractivity contribution >= 4 is 5.78 Å². The molecular formula is C13H10FNO. The number of carbonyl (C=O) groups is 1. The zero-order valence-corrected chi connectivity index (χ0v) is 8.77. The van der Waals surface area contributed by atoms with Crippen LogP contribution in [0.4, 0.5) is 4.39 Å². The van der Waals surface area contributed by atoms with E-state index in [1.54, 1.807) is 30.5 Å². The monoisotopic (exact) mass is 215 g/mol. The van der Waals surface area contributed by atoms with Gasteiger partial charge in [0.25, 0.3) is 0 Å². The van der Waals surface area contributed by atoms with Crippen molar-refractivity contribution in [3.05, 3.63) is 54.0 Å². The van der Waals surface area contributed by atoms with Gasteiger partial charge in [-0.1, -0.05) is 0 Å². The summed E-state index contributed by atoms with van der Waals surface area (Å²) in [5.74, 6) is -0.294. The molecule has 2 nitrogen and oxygen atoms in total. The average molecular weight is 215 g/mol. The molecule has 0 aliphatic rings. The summed E-state index contributed by atoms with van der Waals surface area (Å²) in [7, 11) is 0. The number of hydrogen-bond acceptors (Lipinski definition) is 2. The average Bonchev–Trinajstić information content (AvgIpc) is 2.30. The normalized spacial score (nSPS) is 10.1. The number of rotatable bonds is 2. The minimum absolute atomic E-state index is 0.00855. The molecule has 0 aliphatic carbocycles. The second-order valence-corrected chi connectivity index (χ2v) is 3.49. The highest BCUT2D eigenvalue weighted by Gasteiger charge is 2.03. The number of aromatic nitrogens is 1. The largest absolute Gasteiger partial charge is 0.295 e. The van der Waals surface area contributed by atoms with Gasteiger partial charge in [0.05, 0.1) is 5.69 Å². The Morgan fingerprint density at radius 2 is 1.88 bits per heavy atom. The minimum Gasteiger partial charge on any atom is -0.295 e. The Kier molecular flexibility index (Phi) is 2.77. The number of halogens is 1. The second-order valence-electron chi connectivity index (χ2n) is 3.49. The lowest BCUT2D eigenvalue weighted by molar-refractivity contribution is 0.101. The van der Waals surface area contributed by atoms with Crippen molar-refractivity contribution in [2.75, 3.05) is 0 Å². The SMILES string of the molecule is CC(=O)c1ccnc(-c2ccc(F)cc2)c1. The molecule has 0 aliphatic heterocycles. The Morgan fingerprint density at radius 1 is 1.19 bits per heavy atom. The number of benzene rings is 1. The van der Waals surface area contributed by atoms with Crippen molar-refractivity contribution in [1.82, 2.24) is 4.98 Å². The first-order chi connectivity index (χ1) is 7.66. The molecule has 0 unspecified atom stereocenters. The molecule has 1 aromatic carbocycles. The zero-order chi connectivity index (χ0) is 11.5. The molecular weight excluding hydrogens is 205 g/mol. The molecule has 2 rings (SSSR count). The summed E-state index contributed by atoms with van der Waals surface area (Å²) in [6.07, 6.45) is 1.58.